The van der Waals surface area contributed by atoms with Crippen LogP contribution in [0.3, 0.4) is 0 Å². The number of unbranched alkanes of at least 4 members (excludes halogenated alkanes) is 27. The second kappa shape index (κ2) is 53.2. The summed E-state index contributed by atoms with van der Waals surface area (Å²) in [7, 11) is 0. The maximum Gasteiger partial charge on any atom is 0.306 e. The van der Waals surface area contributed by atoms with Gasteiger partial charge in [0.15, 0.2) is 6.10 Å². The first-order valence-electron chi connectivity index (χ1n) is 27.2. The average molecular weight is 905 g/mol. The van der Waals surface area contributed by atoms with E-state index in [0.717, 1.165) is 116 Å². The zero-order valence-corrected chi connectivity index (χ0v) is 42.5. The summed E-state index contributed by atoms with van der Waals surface area (Å²) in [6.07, 6.45) is 68.5. The van der Waals surface area contributed by atoms with Crippen molar-refractivity contribution in [2.45, 2.75) is 258 Å². The standard InChI is InChI=1S/C59H100O6/c1-4-7-10-13-16-19-22-25-27-29-31-32-34-37-40-43-46-49-52-58(61)64-55-56(54-63-57(60)51-48-45-42-39-36-24-21-18-15-12-9-6-3)65-59(62)53-50-47-44-41-38-35-33-30-28-26-23-20-17-14-11-8-5-2/h9-10,12-13,16,18-19,21-22,25,27,29,31-32,56H,4-8,11,14-15,17,20,23-24,26,28,30,33-55H2,1-3H3/b12-9-,13-10-,19-16-,21-18-,25-22-,29-27-,32-31-. The van der Waals surface area contributed by atoms with Gasteiger partial charge in [0.1, 0.15) is 13.2 Å². The van der Waals surface area contributed by atoms with Crippen LogP contribution in [0.2, 0.25) is 0 Å². The summed E-state index contributed by atoms with van der Waals surface area (Å²) < 4.78 is 16.8. The molecule has 0 saturated carbocycles. The average Bonchev–Trinajstić information content (AvgIpc) is 3.30. The van der Waals surface area contributed by atoms with Crippen molar-refractivity contribution in [1.29, 1.82) is 0 Å². The highest BCUT2D eigenvalue weighted by molar-refractivity contribution is 5.71. The summed E-state index contributed by atoms with van der Waals surface area (Å²) in [5.74, 6) is -0.925. The van der Waals surface area contributed by atoms with Crippen LogP contribution >= 0.6 is 0 Å². The molecule has 6 nitrogen and oxygen atoms in total. The number of carbonyl (C=O) groups is 3. The molecule has 0 bridgehead atoms. The molecule has 65 heavy (non-hydrogen) atoms. The van der Waals surface area contributed by atoms with Gasteiger partial charge in [-0.1, -0.05) is 254 Å². The normalized spacial score (nSPS) is 12.7. The van der Waals surface area contributed by atoms with Crippen LogP contribution in [0.4, 0.5) is 0 Å². The molecule has 0 aromatic rings. The molecule has 0 N–H and O–H groups in total. The third-order valence-electron chi connectivity index (χ3n) is 11.5. The summed E-state index contributed by atoms with van der Waals surface area (Å²) in [5, 5.41) is 0. The molecule has 1 unspecified atom stereocenters. The number of carbonyl (C=O) groups excluding carboxylic acids is 3. The van der Waals surface area contributed by atoms with Crippen molar-refractivity contribution < 1.29 is 28.6 Å². The fraction of sp³-hybridized carbons (Fsp3) is 0.712. The minimum absolute atomic E-state index is 0.0913. The van der Waals surface area contributed by atoms with E-state index in [1.54, 1.807) is 0 Å². The Balaban J connectivity index is 4.42. The fourth-order valence-corrected chi connectivity index (χ4v) is 7.45. The first-order chi connectivity index (χ1) is 32.0. The lowest BCUT2D eigenvalue weighted by molar-refractivity contribution is -0.167. The van der Waals surface area contributed by atoms with Gasteiger partial charge in [0, 0.05) is 19.3 Å². The van der Waals surface area contributed by atoms with E-state index in [2.05, 4.69) is 81.5 Å². The van der Waals surface area contributed by atoms with Crippen molar-refractivity contribution in [2.24, 2.45) is 0 Å². The maximum absolute atomic E-state index is 12.8. The monoisotopic (exact) mass is 905 g/mol. The van der Waals surface area contributed by atoms with Crippen molar-refractivity contribution in [3.05, 3.63) is 85.1 Å². The van der Waals surface area contributed by atoms with Crippen LogP contribution < -0.4 is 0 Å². The Morgan fingerprint density at radius 1 is 0.338 bits per heavy atom. The van der Waals surface area contributed by atoms with Crippen molar-refractivity contribution in [1.82, 2.24) is 0 Å². The van der Waals surface area contributed by atoms with Crippen LogP contribution in [0.1, 0.15) is 252 Å². The van der Waals surface area contributed by atoms with E-state index in [1.165, 1.54) is 96.3 Å². The van der Waals surface area contributed by atoms with Crippen molar-refractivity contribution >= 4 is 17.9 Å². The van der Waals surface area contributed by atoms with Crippen LogP contribution in [0, 0.1) is 0 Å². The Labute approximate surface area is 401 Å². The Bertz CT molecular complexity index is 1270. The summed E-state index contributed by atoms with van der Waals surface area (Å²) in [4.78, 5) is 38.0. The predicted octanol–water partition coefficient (Wildman–Crippen LogP) is 18.0. The van der Waals surface area contributed by atoms with Gasteiger partial charge in [0.25, 0.3) is 0 Å². The molecule has 0 heterocycles. The second-order valence-electron chi connectivity index (χ2n) is 17.9. The van der Waals surface area contributed by atoms with E-state index in [-0.39, 0.29) is 31.1 Å². The molecule has 6 heteroatoms. The zero-order chi connectivity index (χ0) is 47.2. The van der Waals surface area contributed by atoms with Crippen LogP contribution in [-0.4, -0.2) is 37.2 Å². The van der Waals surface area contributed by atoms with Gasteiger partial charge < -0.3 is 14.2 Å². The number of ether oxygens (including phenoxy) is 3. The molecule has 0 aromatic heterocycles. The van der Waals surface area contributed by atoms with Gasteiger partial charge in [-0.25, -0.2) is 0 Å². The highest BCUT2D eigenvalue weighted by Crippen LogP contribution is 2.16. The highest BCUT2D eigenvalue weighted by atomic mass is 16.6. The van der Waals surface area contributed by atoms with Crippen LogP contribution in [0.15, 0.2) is 85.1 Å². The number of hydrogen-bond acceptors (Lipinski definition) is 6. The van der Waals surface area contributed by atoms with E-state index in [9.17, 15) is 14.4 Å². The number of esters is 3. The van der Waals surface area contributed by atoms with E-state index in [1.807, 2.05) is 24.3 Å². The molecule has 0 aliphatic rings. The lowest BCUT2D eigenvalue weighted by Gasteiger charge is -2.18. The topological polar surface area (TPSA) is 78.9 Å². The SMILES string of the molecule is CC/C=C\C/C=C\CCCCCCCC(=O)OCC(COC(=O)CCCCCCC\C=C/C=C\C=C/C=C\C=C/CCC)OC(=O)CCCCCCCCCCCCCCCCCCC. The highest BCUT2D eigenvalue weighted by Gasteiger charge is 2.19. The van der Waals surface area contributed by atoms with Gasteiger partial charge in [-0.2, -0.15) is 0 Å². The molecule has 0 aromatic carbocycles. The quantitative estimate of drug-likeness (QED) is 0.0199. The first kappa shape index (κ1) is 61.6. The lowest BCUT2D eigenvalue weighted by atomic mass is 10.0. The summed E-state index contributed by atoms with van der Waals surface area (Å²) >= 11 is 0. The minimum Gasteiger partial charge on any atom is -0.462 e. The molecule has 0 spiro atoms. The first-order valence-corrected chi connectivity index (χ1v) is 27.2. The molecule has 0 saturated heterocycles. The van der Waals surface area contributed by atoms with Gasteiger partial charge in [-0.05, 0) is 64.2 Å². The van der Waals surface area contributed by atoms with Gasteiger partial charge in [0.2, 0.25) is 0 Å². The van der Waals surface area contributed by atoms with E-state index < -0.39 is 6.10 Å². The van der Waals surface area contributed by atoms with Crippen LogP contribution in [0.25, 0.3) is 0 Å². The molecular formula is C59H100O6. The van der Waals surface area contributed by atoms with Crippen molar-refractivity contribution in [2.75, 3.05) is 13.2 Å². The molecule has 0 aliphatic heterocycles. The Morgan fingerprint density at radius 2 is 0.692 bits per heavy atom. The van der Waals surface area contributed by atoms with Gasteiger partial charge in [0.05, 0.1) is 0 Å². The Kier molecular flexibility index (Phi) is 50.4. The molecule has 1 atom stereocenters. The van der Waals surface area contributed by atoms with Crippen LogP contribution in [-0.2, 0) is 28.6 Å². The van der Waals surface area contributed by atoms with Crippen LogP contribution in [0.5, 0.6) is 0 Å². The molecule has 0 radical (unpaired) electrons. The summed E-state index contributed by atoms with van der Waals surface area (Å²) in [6.45, 7) is 6.42. The van der Waals surface area contributed by atoms with E-state index in [0.29, 0.717) is 19.3 Å². The number of allylic oxidation sites excluding steroid dienone is 14. The number of rotatable bonds is 48. The third-order valence-corrected chi connectivity index (χ3v) is 11.5. The largest absolute Gasteiger partial charge is 0.462 e. The smallest absolute Gasteiger partial charge is 0.306 e. The van der Waals surface area contributed by atoms with Gasteiger partial charge >= 0.3 is 17.9 Å². The fourth-order valence-electron chi connectivity index (χ4n) is 7.45. The summed E-state index contributed by atoms with van der Waals surface area (Å²) in [5.41, 5.74) is 0. The maximum atomic E-state index is 12.8. The van der Waals surface area contributed by atoms with E-state index >= 15 is 0 Å². The molecule has 0 fully saturated rings. The third kappa shape index (κ3) is 51.4. The molecule has 0 amide bonds. The van der Waals surface area contributed by atoms with E-state index in [4.69, 9.17) is 14.2 Å². The zero-order valence-electron chi connectivity index (χ0n) is 42.5. The second-order valence-corrected chi connectivity index (χ2v) is 17.9. The van der Waals surface area contributed by atoms with Crippen molar-refractivity contribution in [3.63, 3.8) is 0 Å². The molecular weight excluding hydrogens is 805 g/mol. The predicted molar refractivity (Wildman–Crippen MR) is 279 cm³/mol. The van der Waals surface area contributed by atoms with Gasteiger partial charge in [-0.15, -0.1) is 0 Å². The molecule has 372 valence electrons. The minimum atomic E-state index is -0.791. The summed E-state index contributed by atoms with van der Waals surface area (Å²) in [6, 6.07) is 0. The molecule has 0 aliphatic carbocycles. The molecule has 0 rings (SSSR count). The lowest BCUT2D eigenvalue weighted by Crippen LogP contribution is -2.30. The Morgan fingerprint density at radius 3 is 1.12 bits per heavy atom. The van der Waals surface area contributed by atoms with Crippen molar-refractivity contribution in [3.8, 4) is 0 Å². The number of hydrogen-bond donors (Lipinski definition) is 0. The van der Waals surface area contributed by atoms with Gasteiger partial charge in [-0.3, -0.25) is 14.4 Å². The Hall–Kier alpha value is -3.41.